The summed E-state index contributed by atoms with van der Waals surface area (Å²) in [5, 5.41) is 4.01. The minimum absolute atomic E-state index is 0.0415. The van der Waals surface area contributed by atoms with Crippen molar-refractivity contribution in [2.45, 2.75) is 19.9 Å². The molecule has 0 aliphatic rings. The number of aryl methyl sites for hydroxylation is 1. The van der Waals surface area contributed by atoms with Crippen molar-refractivity contribution < 1.29 is 4.79 Å². The quantitative estimate of drug-likeness (QED) is 0.791. The van der Waals surface area contributed by atoms with Crippen molar-refractivity contribution in [1.82, 2.24) is 10.3 Å². The van der Waals surface area contributed by atoms with Gasteiger partial charge in [-0.3, -0.25) is 9.78 Å². The first-order valence-electron chi connectivity index (χ1n) is 7.36. The Labute approximate surface area is 130 Å². The third-order valence-electron chi connectivity index (χ3n) is 3.86. The number of carbonyl (C=O) groups is 1. The molecule has 1 amide bonds. The number of fused-ring (bicyclic) bond motifs is 1. The van der Waals surface area contributed by atoms with Gasteiger partial charge in [-0.15, -0.1) is 0 Å². The summed E-state index contributed by atoms with van der Waals surface area (Å²) in [5.41, 5.74) is 3.78. The smallest absolute Gasteiger partial charge is 0.253 e. The predicted octanol–water partition coefficient (Wildman–Crippen LogP) is 4.03. The number of rotatable bonds is 3. The van der Waals surface area contributed by atoms with E-state index < -0.39 is 0 Å². The van der Waals surface area contributed by atoms with Crippen LogP contribution in [0.25, 0.3) is 10.9 Å². The maximum atomic E-state index is 12.4. The van der Waals surface area contributed by atoms with E-state index in [0.29, 0.717) is 5.56 Å². The van der Waals surface area contributed by atoms with Gasteiger partial charge in [-0.1, -0.05) is 42.5 Å². The summed E-state index contributed by atoms with van der Waals surface area (Å²) in [6.45, 7) is 4.05. The molecular weight excluding hydrogens is 272 g/mol. The van der Waals surface area contributed by atoms with E-state index in [-0.39, 0.29) is 11.9 Å². The Morgan fingerprint density at radius 1 is 1.09 bits per heavy atom. The first-order valence-corrected chi connectivity index (χ1v) is 7.36. The highest BCUT2D eigenvalue weighted by atomic mass is 16.1. The first kappa shape index (κ1) is 14.3. The van der Waals surface area contributed by atoms with Crippen molar-refractivity contribution in [3.05, 3.63) is 77.5 Å². The van der Waals surface area contributed by atoms with Crippen molar-refractivity contribution in [3.63, 3.8) is 0 Å². The predicted molar refractivity (Wildman–Crippen MR) is 88.8 cm³/mol. The average molecular weight is 290 g/mol. The number of nitrogens with zero attached hydrogens (tertiary/aromatic N) is 1. The Hall–Kier alpha value is -2.68. The standard InChI is InChI=1S/C19H18N2O/c1-13-7-3-5-9-17(13)14(2)21-19(22)16-11-15-8-4-6-10-18(15)20-12-16/h3-12,14H,1-2H3,(H,21,22)/t14-/m0/s1. The molecule has 22 heavy (non-hydrogen) atoms. The van der Waals surface area contributed by atoms with Gasteiger partial charge in [0.1, 0.15) is 0 Å². The van der Waals surface area contributed by atoms with Crippen molar-refractivity contribution in [1.29, 1.82) is 0 Å². The molecule has 3 rings (SSSR count). The van der Waals surface area contributed by atoms with Crippen LogP contribution in [0.15, 0.2) is 60.8 Å². The number of carbonyl (C=O) groups excluding carboxylic acids is 1. The monoisotopic (exact) mass is 290 g/mol. The molecule has 0 aliphatic carbocycles. The van der Waals surface area contributed by atoms with Crippen LogP contribution in [-0.4, -0.2) is 10.9 Å². The minimum Gasteiger partial charge on any atom is -0.345 e. The summed E-state index contributed by atoms with van der Waals surface area (Å²) in [6.07, 6.45) is 1.63. The van der Waals surface area contributed by atoms with Crippen LogP contribution in [0.1, 0.15) is 34.5 Å². The summed E-state index contributed by atoms with van der Waals surface area (Å²) >= 11 is 0. The second-order valence-corrected chi connectivity index (χ2v) is 5.47. The van der Waals surface area contributed by atoms with Crippen LogP contribution in [0.4, 0.5) is 0 Å². The Bertz CT molecular complexity index is 826. The Morgan fingerprint density at radius 2 is 1.82 bits per heavy atom. The van der Waals surface area contributed by atoms with Crippen LogP contribution in [-0.2, 0) is 0 Å². The van der Waals surface area contributed by atoms with Crippen molar-refractivity contribution >= 4 is 16.8 Å². The molecule has 0 bridgehead atoms. The van der Waals surface area contributed by atoms with E-state index in [1.807, 2.05) is 55.5 Å². The molecule has 0 aliphatic heterocycles. The molecule has 3 nitrogen and oxygen atoms in total. The van der Waals surface area contributed by atoms with Gasteiger partial charge in [0, 0.05) is 11.6 Å². The number of para-hydroxylation sites is 1. The lowest BCUT2D eigenvalue weighted by Gasteiger charge is -2.16. The largest absolute Gasteiger partial charge is 0.345 e. The summed E-state index contributed by atoms with van der Waals surface area (Å²) in [6, 6.07) is 17.7. The van der Waals surface area contributed by atoms with Gasteiger partial charge in [0.05, 0.1) is 17.1 Å². The van der Waals surface area contributed by atoms with Gasteiger partial charge in [-0.2, -0.15) is 0 Å². The lowest BCUT2D eigenvalue weighted by atomic mass is 10.0. The third-order valence-corrected chi connectivity index (χ3v) is 3.86. The number of aromatic nitrogens is 1. The van der Waals surface area contributed by atoms with E-state index in [1.165, 1.54) is 5.56 Å². The number of amides is 1. The molecule has 0 saturated heterocycles. The van der Waals surface area contributed by atoms with Crippen molar-refractivity contribution in [3.8, 4) is 0 Å². The number of pyridine rings is 1. The normalized spacial score (nSPS) is 12.1. The first-order chi connectivity index (χ1) is 10.6. The molecule has 0 radical (unpaired) electrons. The van der Waals surface area contributed by atoms with E-state index in [0.717, 1.165) is 16.5 Å². The molecule has 0 spiro atoms. The molecule has 1 N–H and O–H groups in total. The summed E-state index contributed by atoms with van der Waals surface area (Å²) in [4.78, 5) is 16.8. The lowest BCUT2D eigenvalue weighted by Crippen LogP contribution is -2.27. The Kier molecular flexibility index (Phi) is 3.88. The van der Waals surface area contributed by atoms with Crippen molar-refractivity contribution in [2.24, 2.45) is 0 Å². The lowest BCUT2D eigenvalue weighted by molar-refractivity contribution is 0.0939. The zero-order chi connectivity index (χ0) is 15.5. The number of hydrogen-bond acceptors (Lipinski definition) is 2. The van der Waals surface area contributed by atoms with Gasteiger partial charge in [0.15, 0.2) is 0 Å². The van der Waals surface area contributed by atoms with Crippen LogP contribution >= 0.6 is 0 Å². The Balaban J connectivity index is 1.82. The van der Waals surface area contributed by atoms with Gasteiger partial charge in [0.25, 0.3) is 5.91 Å². The fourth-order valence-electron chi connectivity index (χ4n) is 2.63. The second kappa shape index (κ2) is 5.98. The zero-order valence-corrected chi connectivity index (χ0v) is 12.7. The van der Waals surface area contributed by atoms with Crippen LogP contribution in [0, 0.1) is 6.92 Å². The molecule has 1 atom stereocenters. The van der Waals surface area contributed by atoms with Crippen LogP contribution < -0.4 is 5.32 Å². The maximum absolute atomic E-state index is 12.4. The summed E-state index contributed by atoms with van der Waals surface area (Å²) in [7, 11) is 0. The van der Waals surface area contributed by atoms with E-state index in [9.17, 15) is 4.79 Å². The number of hydrogen-bond donors (Lipinski definition) is 1. The van der Waals surface area contributed by atoms with Gasteiger partial charge in [-0.05, 0) is 37.1 Å². The fraction of sp³-hybridized carbons (Fsp3) is 0.158. The molecule has 3 aromatic rings. The molecule has 1 heterocycles. The minimum atomic E-state index is -0.103. The highest BCUT2D eigenvalue weighted by Crippen LogP contribution is 2.18. The molecule has 0 fully saturated rings. The van der Waals surface area contributed by atoms with E-state index >= 15 is 0 Å². The van der Waals surface area contributed by atoms with Crippen molar-refractivity contribution in [2.75, 3.05) is 0 Å². The fourth-order valence-corrected chi connectivity index (χ4v) is 2.63. The number of nitrogens with one attached hydrogen (secondary N) is 1. The Morgan fingerprint density at radius 3 is 2.64 bits per heavy atom. The molecule has 110 valence electrons. The topological polar surface area (TPSA) is 42.0 Å². The number of benzene rings is 2. The molecule has 3 heteroatoms. The van der Waals surface area contributed by atoms with Gasteiger partial charge in [0.2, 0.25) is 0 Å². The highest BCUT2D eigenvalue weighted by molar-refractivity contribution is 5.97. The third kappa shape index (κ3) is 2.84. The van der Waals surface area contributed by atoms with Gasteiger partial charge >= 0.3 is 0 Å². The molecular formula is C19H18N2O. The summed E-state index contributed by atoms with van der Waals surface area (Å²) in [5.74, 6) is -0.103. The van der Waals surface area contributed by atoms with Crippen LogP contribution in [0.2, 0.25) is 0 Å². The average Bonchev–Trinajstić information content (AvgIpc) is 2.54. The van der Waals surface area contributed by atoms with Gasteiger partial charge in [-0.25, -0.2) is 0 Å². The molecule has 1 aromatic heterocycles. The molecule has 0 saturated carbocycles. The van der Waals surface area contributed by atoms with E-state index in [1.54, 1.807) is 6.20 Å². The highest BCUT2D eigenvalue weighted by Gasteiger charge is 2.13. The summed E-state index contributed by atoms with van der Waals surface area (Å²) < 4.78 is 0. The van der Waals surface area contributed by atoms with E-state index in [4.69, 9.17) is 0 Å². The SMILES string of the molecule is Cc1ccccc1[C@H](C)NC(=O)c1cnc2ccccc2c1. The van der Waals surface area contributed by atoms with Crippen LogP contribution in [0.5, 0.6) is 0 Å². The van der Waals surface area contributed by atoms with E-state index in [2.05, 4.69) is 23.3 Å². The second-order valence-electron chi connectivity index (χ2n) is 5.47. The van der Waals surface area contributed by atoms with Gasteiger partial charge < -0.3 is 5.32 Å². The molecule has 2 aromatic carbocycles. The zero-order valence-electron chi connectivity index (χ0n) is 12.7. The van der Waals surface area contributed by atoms with Crippen LogP contribution in [0.3, 0.4) is 0 Å². The maximum Gasteiger partial charge on any atom is 0.253 e. The molecule has 0 unspecified atom stereocenters.